The van der Waals surface area contributed by atoms with Crippen LogP contribution in [0.25, 0.3) is 0 Å². The maximum atomic E-state index is 12.2. The molecule has 1 N–H and O–H groups in total. The molecule has 1 aromatic carbocycles. The summed E-state index contributed by atoms with van der Waals surface area (Å²) in [4.78, 5) is 38.8. The lowest BCUT2D eigenvalue weighted by atomic mass is 10.2. The van der Waals surface area contributed by atoms with E-state index in [4.69, 9.17) is 9.47 Å². The van der Waals surface area contributed by atoms with E-state index < -0.39 is 0 Å². The van der Waals surface area contributed by atoms with Gasteiger partial charge in [0.15, 0.2) is 11.5 Å². The Labute approximate surface area is 145 Å². The van der Waals surface area contributed by atoms with Crippen LogP contribution in [-0.4, -0.2) is 60.5 Å². The average Bonchev–Trinajstić information content (AvgIpc) is 3.07. The number of nitrogens with zero attached hydrogens (tertiary/aromatic N) is 2. The highest BCUT2D eigenvalue weighted by Gasteiger charge is 2.23. The summed E-state index contributed by atoms with van der Waals surface area (Å²) < 4.78 is 10.5. The van der Waals surface area contributed by atoms with Crippen LogP contribution in [0, 0.1) is 0 Å². The van der Waals surface area contributed by atoms with E-state index in [0.717, 1.165) is 5.56 Å². The minimum atomic E-state index is -0.323. The van der Waals surface area contributed by atoms with Crippen molar-refractivity contribution in [2.45, 2.75) is 19.9 Å². The van der Waals surface area contributed by atoms with Gasteiger partial charge in [0, 0.05) is 39.6 Å². The molecule has 2 aliphatic rings. The minimum Gasteiger partial charge on any atom is -0.454 e. The van der Waals surface area contributed by atoms with Gasteiger partial charge in [-0.2, -0.15) is 0 Å². The number of carbonyl (C=O) groups is 3. The monoisotopic (exact) mass is 347 g/mol. The number of rotatable bonds is 4. The third-order valence-corrected chi connectivity index (χ3v) is 4.32. The summed E-state index contributed by atoms with van der Waals surface area (Å²) in [6.45, 7) is 4.00. The summed E-state index contributed by atoms with van der Waals surface area (Å²) in [6.07, 6.45) is -0.190. The number of ether oxygens (including phenoxy) is 2. The molecule has 0 unspecified atom stereocenters. The maximum Gasteiger partial charge on any atom is 0.232 e. The van der Waals surface area contributed by atoms with Crippen molar-refractivity contribution in [2.75, 3.05) is 33.0 Å². The maximum absolute atomic E-state index is 12.2. The highest BCUT2D eigenvalue weighted by atomic mass is 16.7. The fraction of sp³-hybridized carbons (Fsp3) is 0.471. The van der Waals surface area contributed by atoms with Gasteiger partial charge in [0.05, 0.1) is 0 Å². The molecule has 0 spiro atoms. The first-order valence-corrected chi connectivity index (χ1v) is 8.21. The largest absolute Gasteiger partial charge is 0.454 e. The van der Waals surface area contributed by atoms with Gasteiger partial charge in [-0.3, -0.25) is 14.4 Å². The molecule has 0 aliphatic carbocycles. The molecule has 2 aliphatic heterocycles. The summed E-state index contributed by atoms with van der Waals surface area (Å²) in [5, 5.41) is 2.74. The molecule has 8 heteroatoms. The number of hydrogen-bond acceptors (Lipinski definition) is 5. The van der Waals surface area contributed by atoms with Crippen LogP contribution in [0.1, 0.15) is 18.9 Å². The van der Waals surface area contributed by atoms with Gasteiger partial charge >= 0.3 is 0 Å². The van der Waals surface area contributed by atoms with Crippen molar-refractivity contribution in [1.29, 1.82) is 0 Å². The molecule has 3 amide bonds. The highest BCUT2D eigenvalue weighted by molar-refractivity contribution is 5.97. The van der Waals surface area contributed by atoms with Crippen molar-refractivity contribution in [2.24, 2.45) is 0 Å². The van der Waals surface area contributed by atoms with Gasteiger partial charge in [0.25, 0.3) is 0 Å². The Morgan fingerprint density at radius 1 is 1.04 bits per heavy atom. The Kier molecular flexibility index (Phi) is 5.06. The molecule has 0 bridgehead atoms. The van der Waals surface area contributed by atoms with Gasteiger partial charge in [-0.05, 0) is 17.7 Å². The number of carbonyl (C=O) groups excluding carboxylic acids is 3. The van der Waals surface area contributed by atoms with Crippen LogP contribution in [0.3, 0.4) is 0 Å². The Bertz CT molecular complexity index is 683. The first-order valence-electron chi connectivity index (χ1n) is 8.21. The molecule has 3 rings (SSSR count). The van der Waals surface area contributed by atoms with Crippen molar-refractivity contribution in [3.63, 3.8) is 0 Å². The Morgan fingerprint density at radius 2 is 1.72 bits per heavy atom. The van der Waals surface area contributed by atoms with E-state index >= 15 is 0 Å². The molecule has 8 nitrogen and oxygen atoms in total. The van der Waals surface area contributed by atoms with E-state index in [2.05, 4.69) is 5.32 Å². The van der Waals surface area contributed by atoms with Crippen molar-refractivity contribution in [3.8, 4) is 11.5 Å². The second-order valence-electron chi connectivity index (χ2n) is 6.03. The number of nitrogens with one attached hydrogen (secondary N) is 1. The molecule has 25 heavy (non-hydrogen) atoms. The SMILES string of the molecule is CC(=O)N1CCN(C(=O)CC(=O)NCc2ccc3c(c2)OCO3)CC1. The van der Waals surface area contributed by atoms with Crippen molar-refractivity contribution in [3.05, 3.63) is 23.8 Å². The molecule has 0 saturated carbocycles. The van der Waals surface area contributed by atoms with Crippen LogP contribution in [0.2, 0.25) is 0 Å². The summed E-state index contributed by atoms with van der Waals surface area (Å²) >= 11 is 0. The second-order valence-corrected chi connectivity index (χ2v) is 6.03. The molecular weight excluding hydrogens is 326 g/mol. The van der Waals surface area contributed by atoms with Gasteiger partial charge in [-0.25, -0.2) is 0 Å². The minimum absolute atomic E-state index is 0.00793. The Hall–Kier alpha value is -2.77. The van der Waals surface area contributed by atoms with E-state index in [1.165, 1.54) is 6.92 Å². The van der Waals surface area contributed by atoms with E-state index in [9.17, 15) is 14.4 Å². The van der Waals surface area contributed by atoms with E-state index in [1.54, 1.807) is 15.9 Å². The molecule has 134 valence electrons. The fourth-order valence-corrected chi connectivity index (χ4v) is 2.83. The number of hydrogen-bond donors (Lipinski definition) is 1. The standard InChI is InChI=1S/C17H21N3O5/c1-12(21)19-4-6-20(7-5-19)17(23)9-16(22)18-10-13-2-3-14-15(8-13)25-11-24-14/h2-3,8H,4-7,9-11H2,1H3,(H,18,22). The summed E-state index contributed by atoms with van der Waals surface area (Å²) in [5.41, 5.74) is 0.875. The van der Waals surface area contributed by atoms with Crippen molar-refractivity contribution in [1.82, 2.24) is 15.1 Å². The van der Waals surface area contributed by atoms with Crippen LogP contribution in [0.4, 0.5) is 0 Å². The predicted octanol–water partition coefficient (Wildman–Crippen LogP) is 0.112. The number of fused-ring (bicyclic) bond motifs is 1. The first kappa shape index (κ1) is 17.1. The van der Waals surface area contributed by atoms with Gasteiger partial charge in [0.1, 0.15) is 6.42 Å². The van der Waals surface area contributed by atoms with Gasteiger partial charge in [-0.1, -0.05) is 6.07 Å². The normalized spacial score (nSPS) is 15.9. The van der Waals surface area contributed by atoms with E-state index in [1.807, 2.05) is 12.1 Å². The quantitative estimate of drug-likeness (QED) is 0.781. The lowest BCUT2D eigenvalue weighted by molar-refractivity contribution is -0.141. The zero-order valence-electron chi connectivity index (χ0n) is 14.1. The van der Waals surface area contributed by atoms with E-state index in [-0.39, 0.29) is 30.9 Å². The summed E-state index contributed by atoms with van der Waals surface area (Å²) in [6, 6.07) is 5.45. The van der Waals surface area contributed by atoms with Crippen LogP contribution < -0.4 is 14.8 Å². The summed E-state index contributed by atoms with van der Waals surface area (Å²) in [5.74, 6) is 0.817. The van der Waals surface area contributed by atoms with Gasteiger partial charge in [-0.15, -0.1) is 0 Å². The smallest absolute Gasteiger partial charge is 0.232 e. The van der Waals surface area contributed by atoms with Crippen LogP contribution in [0.5, 0.6) is 11.5 Å². The Morgan fingerprint density at radius 3 is 2.44 bits per heavy atom. The molecule has 0 atom stereocenters. The molecular formula is C17H21N3O5. The van der Waals surface area contributed by atoms with Gasteiger partial charge < -0.3 is 24.6 Å². The number of benzene rings is 1. The zero-order valence-corrected chi connectivity index (χ0v) is 14.1. The van der Waals surface area contributed by atoms with Crippen molar-refractivity contribution >= 4 is 17.7 Å². The molecule has 0 aromatic heterocycles. The first-order chi connectivity index (χ1) is 12.0. The summed E-state index contributed by atoms with van der Waals surface area (Å²) in [7, 11) is 0. The highest BCUT2D eigenvalue weighted by Crippen LogP contribution is 2.32. The zero-order chi connectivity index (χ0) is 17.8. The van der Waals surface area contributed by atoms with Crippen LogP contribution in [0.15, 0.2) is 18.2 Å². The Balaban J connectivity index is 1.43. The third-order valence-electron chi connectivity index (χ3n) is 4.32. The second kappa shape index (κ2) is 7.42. The van der Waals surface area contributed by atoms with E-state index in [0.29, 0.717) is 44.2 Å². The predicted molar refractivity (Wildman–Crippen MR) is 87.9 cm³/mol. The fourth-order valence-electron chi connectivity index (χ4n) is 2.83. The molecule has 1 fully saturated rings. The van der Waals surface area contributed by atoms with Gasteiger partial charge in [0.2, 0.25) is 24.5 Å². The van der Waals surface area contributed by atoms with Crippen molar-refractivity contribution < 1.29 is 23.9 Å². The average molecular weight is 347 g/mol. The molecule has 1 aromatic rings. The molecule has 0 radical (unpaired) electrons. The lowest BCUT2D eigenvalue weighted by Gasteiger charge is -2.34. The molecule has 1 saturated heterocycles. The van der Waals surface area contributed by atoms with Crippen LogP contribution >= 0.6 is 0 Å². The third kappa shape index (κ3) is 4.20. The number of amides is 3. The number of piperazine rings is 1. The lowest BCUT2D eigenvalue weighted by Crippen LogP contribution is -2.50. The topological polar surface area (TPSA) is 88.2 Å². The molecule has 2 heterocycles. The van der Waals surface area contributed by atoms with Crippen LogP contribution in [-0.2, 0) is 20.9 Å².